The van der Waals surface area contributed by atoms with E-state index in [-0.39, 0.29) is 5.97 Å². The van der Waals surface area contributed by atoms with Gasteiger partial charge in [0, 0.05) is 22.9 Å². The number of hydrogen-bond donors (Lipinski definition) is 1. The number of methoxy groups -OCH3 is 1. The van der Waals surface area contributed by atoms with Gasteiger partial charge in [-0.2, -0.15) is 0 Å². The van der Waals surface area contributed by atoms with Crippen LogP contribution in [0, 0.1) is 6.92 Å². The summed E-state index contributed by atoms with van der Waals surface area (Å²) in [6.45, 7) is 3.43. The highest BCUT2D eigenvalue weighted by molar-refractivity contribution is 9.10. The average molecular weight is 355 g/mol. The number of carbonyl (C=O) groups excluding carboxylic acids is 1. The van der Waals surface area contributed by atoms with Gasteiger partial charge in [-0.15, -0.1) is 11.3 Å². The number of ether oxygens (including phenoxy) is 1. The molecule has 0 aliphatic carbocycles. The fraction of sp³-hybridized carbons (Fsp3) is 0.286. The molecule has 0 bridgehead atoms. The van der Waals surface area contributed by atoms with Gasteiger partial charge >= 0.3 is 5.97 Å². The van der Waals surface area contributed by atoms with Crippen LogP contribution in [-0.4, -0.2) is 18.1 Å². The Hall–Kier alpha value is -1.24. The number of nitrogens with zero attached hydrogens (tertiary/aromatic N) is 1. The summed E-state index contributed by atoms with van der Waals surface area (Å²) in [5.41, 5.74) is 2.68. The number of benzene rings is 1. The van der Waals surface area contributed by atoms with Crippen LogP contribution in [0.3, 0.4) is 0 Å². The Labute approximate surface area is 130 Å². The Morgan fingerprint density at radius 2 is 2.25 bits per heavy atom. The predicted molar refractivity (Wildman–Crippen MR) is 82.9 cm³/mol. The van der Waals surface area contributed by atoms with Crippen LogP contribution < -0.4 is 5.32 Å². The van der Waals surface area contributed by atoms with Gasteiger partial charge in [0.1, 0.15) is 0 Å². The van der Waals surface area contributed by atoms with Crippen molar-refractivity contribution in [3.63, 3.8) is 0 Å². The first kappa shape index (κ1) is 15.2. The lowest BCUT2D eigenvalue weighted by Crippen LogP contribution is -2.13. The van der Waals surface area contributed by atoms with Gasteiger partial charge in [0.15, 0.2) is 0 Å². The average Bonchev–Trinajstić information content (AvgIpc) is 2.85. The third kappa shape index (κ3) is 3.88. The summed E-state index contributed by atoms with van der Waals surface area (Å²) < 4.78 is 5.58. The van der Waals surface area contributed by atoms with E-state index in [2.05, 4.69) is 36.3 Å². The van der Waals surface area contributed by atoms with Crippen molar-refractivity contribution in [1.82, 2.24) is 10.3 Å². The van der Waals surface area contributed by atoms with Crippen LogP contribution in [0.25, 0.3) is 0 Å². The van der Waals surface area contributed by atoms with Gasteiger partial charge in [0.2, 0.25) is 0 Å². The van der Waals surface area contributed by atoms with Crippen molar-refractivity contribution in [2.75, 3.05) is 7.11 Å². The molecule has 1 aromatic carbocycles. The molecule has 1 heterocycles. The van der Waals surface area contributed by atoms with E-state index in [1.807, 2.05) is 13.0 Å². The molecular weight excluding hydrogens is 340 g/mol. The first-order valence-corrected chi connectivity index (χ1v) is 7.76. The van der Waals surface area contributed by atoms with Crippen molar-refractivity contribution >= 4 is 33.2 Å². The maximum absolute atomic E-state index is 11.4. The molecule has 4 nitrogen and oxygen atoms in total. The molecule has 1 N–H and O–H groups in total. The topological polar surface area (TPSA) is 51.2 Å². The van der Waals surface area contributed by atoms with E-state index < -0.39 is 0 Å². The smallest absolute Gasteiger partial charge is 0.337 e. The number of aryl methyl sites for hydroxylation is 1. The minimum atomic E-state index is -0.330. The number of aromatic nitrogens is 1. The maximum atomic E-state index is 11.4. The molecule has 0 fully saturated rings. The van der Waals surface area contributed by atoms with E-state index in [1.54, 1.807) is 23.5 Å². The largest absolute Gasteiger partial charge is 0.465 e. The third-order valence-corrected chi connectivity index (χ3v) is 4.32. The molecule has 0 spiro atoms. The lowest BCUT2D eigenvalue weighted by Gasteiger charge is -2.07. The number of hydrogen-bond acceptors (Lipinski definition) is 5. The first-order valence-electron chi connectivity index (χ1n) is 6.08. The van der Waals surface area contributed by atoms with E-state index >= 15 is 0 Å². The van der Waals surface area contributed by atoms with E-state index in [1.165, 1.54) is 7.11 Å². The molecule has 20 heavy (non-hydrogen) atoms. The third-order valence-electron chi connectivity index (χ3n) is 2.76. The van der Waals surface area contributed by atoms with Gasteiger partial charge in [-0.25, -0.2) is 9.78 Å². The Morgan fingerprint density at radius 3 is 2.85 bits per heavy atom. The first-order chi connectivity index (χ1) is 9.60. The van der Waals surface area contributed by atoms with Crippen molar-refractivity contribution in [2.45, 2.75) is 20.0 Å². The standard InChI is InChI=1S/C14H15BrN2O2S/c1-9-17-12(8-20-9)7-16-6-11-4-3-10(5-13(11)15)14(18)19-2/h3-5,8,16H,6-7H2,1-2H3. The summed E-state index contributed by atoms with van der Waals surface area (Å²) >= 11 is 5.12. The highest BCUT2D eigenvalue weighted by Crippen LogP contribution is 2.19. The maximum Gasteiger partial charge on any atom is 0.337 e. The molecule has 0 radical (unpaired) electrons. The van der Waals surface area contributed by atoms with Gasteiger partial charge in [-0.05, 0) is 24.6 Å². The molecular formula is C14H15BrN2O2S. The summed E-state index contributed by atoms with van der Waals surface area (Å²) in [6.07, 6.45) is 0. The van der Waals surface area contributed by atoms with Crippen LogP contribution in [0.5, 0.6) is 0 Å². The molecule has 0 saturated heterocycles. The quantitative estimate of drug-likeness (QED) is 0.837. The Balaban J connectivity index is 1.94. The monoisotopic (exact) mass is 354 g/mol. The molecule has 0 aliphatic heterocycles. The zero-order valence-corrected chi connectivity index (χ0v) is 13.7. The summed E-state index contributed by atoms with van der Waals surface area (Å²) in [4.78, 5) is 15.8. The Bertz CT molecular complexity index is 613. The highest BCUT2D eigenvalue weighted by atomic mass is 79.9. The van der Waals surface area contributed by atoms with Crippen molar-refractivity contribution in [2.24, 2.45) is 0 Å². The van der Waals surface area contributed by atoms with Crippen molar-refractivity contribution in [3.8, 4) is 0 Å². The normalized spacial score (nSPS) is 10.6. The van der Waals surface area contributed by atoms with Crippen LogP contribution in [0.1, 0.15) is 26.6 Å². The van der Waals surface area contributed by atoms with Crippen LogP contribution in [0.2, 0.25) is 0 Å². The number of nitrogens with one attached hydrogen (secondary N) is 1. The second kappa shape index (κ2) is 6.97. The van der Waals surface area contributed by atoms with Crippen molar-refractivity contribution < 1.29 is 9.53 Å². The zero-order valence-electron chi connectivity index (χ0n) is 11.3. The highest BCUT2D eigenvalue weighted by Gasteiger charge is 2.08. The van der Waals surface area contributed by atoms with E-state index in [9.17, 15) is 4.79 Å². The van der Waals surface area contributed by atoms with E-state index in [0.717, 1.165) is 27.3 Å². The van der Waals surface area contributed by atoms with Crippen LogP contribution >= 0.6 is 27.3 Å². The van der Waals surface area contributed by atoms with Crippen LogP contribution in [-0.2, 0) is 17.8 Å². The van der Waals surface area contributed by atoms with Gasteiger partial charge in [-0.3, -0.25) is 0 Å². The number of rotatable bonds is 5. The molecule has 1 aromatic heterocycles. The number of thiazole rings is 1. The Morgan fingerprint density at radius 1 is 1.45 bits per heavy atom. The van der Waals surface area contributed by atoms with Crippen LogP contribution in [0.4, 0.5) is 0 Å². The molecule has 6 heteroatoms. The summed E-state index contributed by atoms with van der Waals surface area (Å²) in [6, 6.07) is 5.45. The van der Waals surface area contributed by atoms with Gasteiger partial charge < -0.3 is 10.1 Å². The van der Waals surface area contributed by atoms with E-state index in [4.69, 9.17) is 0 Å². The SMILES string of the molecule is COC(=O)c1ccc(CNCc2csc(C)n2)c(Br)c1. The molecule has 106 valence electrons. The van der Waals surface area contributed by atoms with Gasteiger partial charge in [0.05, 0.1) is 23.4 Å². The molecule has 0 saturated carbocycles. The van der Waals surface area contributed by atoms with Crippen molar-refractivity contribution in [1.29, 1.82) is 0 Å². The van der Waals surface area contributed by atoms with Gasteiger partial charge in [0.25, 0.3) is 0 Å². The molecule has 2 rings (SSSR count). The second-order valence-electron chi connectivity index (χ2n) is 4.26. The predicted octanol–water partition coefficient (Wildman–Crippen LogP) is 3.29. The lowest BCUT2D eigenvalue weighted by molar-refractivity contribution is 0.0600. The van der Waals surface area contributed by atoms with E-state index in [0.29, 0.717) is 12.1 Å². The fourth-order valence-corrected chi connectivity index (χ4v) is 2.88. The van der Waals surface area contributed by atoms with Crippen LogP contribution in [0.15, 0.2) is 28.1 Å². The molecule has 2 aromatic rings. The minimum Gasteiger partial charge on any atom is -0.465 e. The number of esters is 1. The molecule has 0 amide bonds. The summed E-state index contributed by atoms with van der Waals surface area (Å²) in [7, 11) is 1.38. The van der Waals surface area contributed by atoms with Crippen molar-refractivity contribution in [3.05, 3.63) is 49.9 Å². The fourth-order valence-electron chi connectivity index (χ4n) is 1.75. The summed E-state index contributed by atoms with van der Waals surface area (Å²) in [5, 5.41) is 6.46. The number of halogens is 1. The molecule has 0 aliphatic rings. The molecule has 0 atom stereocenters. The lowest BCUT2D eigenvalue weighted by atomic mass is 10.1. The zero-order chi connectivity index (χ0) is 14.5. The molecule has 0 unspecified atom stereocenters. The Kier molecular flexibility index (Phi) is 5.28. The minimum absolute atomic E-state index is 0.330. The van der Waals surface area contributed by atoms with Gasteiger partial charge in [-0.1, -0.05) is 22.0 Å². The summed E-state index contributed by atoms with van der Waals surface area (Å²) in [5.74, 6) is -0.330. The number of carbonyl (C=O) groups is 1. The second-order valence-corrected chi connectivity index (χ2v) is 6.18.